The number of carbonyl (C=O) groups excluding carboxylic acids is 1. The van der Waals surface area contributed by atoms with Crippen LogP contribution in [0.15, 0.2) is 47.5 Å². The molecule has 1 fully saturated rings. The van der Waals surface area contributed by atoms with Gasteiger partial charge in [-0.2, -0.15) is 5.10 Å². The lowest BCUT2D eigenvalue weighted by molar-refractivity contribution is -0.120. The normalized spacial score (nSPS) is 22.0. The number of rotatable bonds is 2. The minimum atomic E-state index is -0.530. The molecule has 2 atom stereocenters. The molecular weight excluding hydrogens is 390 g/mol. The minimum Gasteiger partial charge on any atom is -0.350 e. The quantitative estimate of drug-likeness (QED) is 0.549. The summed E-state index contributed by atoms with van der Waals surface area (Å²) in [7, 11) is 5.51. The Bertz CT molecular complexity index is 1470. The van der Waals surface area contributed by atoms with E-state index in [1.54, 1.807) is 21.2 Å². The summed E-state index contributed by atoms with van der Waals surface area (Å²) in [6.07, 6.45) is 4.62. The van der Waals surface area contributed by atoms with Crippen LogP contribution < -0.4 is 10.5 Å². The second-order valence-corrected chi connectivity index (χ2v) is 8.88. The van der Waals surface area contributed by atoms with E-state index in [1.807, 2.05) is 57.7 Å². The summed E-state index contributed by atoms with van der Waals surface area (Å²) in [6, 6.07) is 10.1. The molecule has 4 heterocycles. The second-order valence-electron chi connectivity index (χ2n) is 8.88. The topological polar surface area (TPSA) is 75.9 Å². The highest BCUT2D eigenvalue weighted by Crippen LogP contribution is 2.66. The third-order valence-electron chi connectivity index (χ3n) is 7.07. The van der Waals surface area contributed by atoms with Crippen molar-refractivity contribution in [3.05, 3.63) is 69.9 Å². The fourth-order valence-electron chi connectivity index (χ4n) is 5.49. The molecule has 156 valence electrons. The molecule has 6 rings (SSSR count). The van der Waals surface area contributed by atoms with E-state index in [9.17, 15) is 9.59 Å². The first kappa shape index (κ1) is 18.2. The predicted molar refractivity (Wildman–Crippen MR) is 119 cm³/mol. The van der Waals surface area contributed by atoms with Gasteiger partial charge in [-0.15, -0.1) is 0 Å². The van der Waals surface area contributed by atoms with E-state index >= 15 is 0 Å². The fraction of sp³-hybridized carbons (Fsp3) is 0.292. The monoisotopic (exact) mass is 413 g/mol. The summed E-state index contributed by atoms with van der Waals surface area (Å²) in [5.41, 5.74) is 5.83. The van der Waals surface area contributed by atoms with Gasteiger partial charge in [-0.3, -0.25) is 14.3 Å². The van der Waals surface area contributed by atoms with E-state index in [1.165, 1.54) is 0 Å². The van der Waals surface area contributed by atoms with Gasteiger partial charge in [-0.1, -0.05) is 18.2 Å². The van der Waals surface area contributed by atoms with Gasteiger partial charge in [0, 0.05) is 56.1 Å². The number of nitrogens with one attached hydrogen (secondary N) is 1. The molecule has 0 saturated heterocycles. The number of likely N-dealkylation sites (N-methyl/N-ethyl adjacent to an activating group) is 1. The summed E-state index contributed by atoms with van der Waals surface area (Å²) < 4.78 is 3.39. The number of pyridine rings is 1. The van der Waals surface area contributed by atoms with Gasteiger partial charge in [0.1, 0.15) is 5.52 Å². The number of aryl methyl sites for hydroxylation is 3. The summed E-state index contributed by atoms with van der Waals surface area (Å²) >= 11 is 0. The van der Waals surface area contributed by atoms with Crippen LogP contribution in [0, 0.1) is 6.92 Å². The van der Waals surface area contributed by atoms with Crippen LogP contribution in [-0.2, 0) is 24.3 Å². The molecule has 1 amide bonds. The third-order valence-corrected chi connectivity index (χ3v) is 7.07. The molecule has 1 N–H and O–H groups in total. The molecule has 1 aliphatic heterocycles. The number of hydrogen-bond donors (Lipinski definition) is 1. The van der Waals surface area contributed by atoms with Crippen molar-refractivity contribution >= 4 is 22.5 Å². The lowest BCUT2D eigenvalue weighted by Crippen LogP contribution is -2.29. The lowest BCUT2D eigenvalue weighted by atomic mass is 9.91. The predicted octanol–water partition coefficient (Wildman–Crippen LogP) is 2.98. The van der Waals surface area contributed by atoms with Gasteiger partial charge in [-0.05, 0) is 36.6 Å². The molecule has 3 aromatic heterocycles. The van der Waals surface area contributed by atoms with E-state index in [0.29, 0.717) is 5.52 Å². The highest BCUT2D eigenvalue weighted by molar-refractivity contribution is 6.11. The smallest absolute Gasteiger partial charge is 0.274 e. The van der Waals surface area contributed by atoms with Crippen LogP contribution in [0.4, 0.5) is 5.69 Å². The molecule has 2 unspecified atom stereocenters. The first-order valence-corrected chi connectivity index (χ1v) is 10.4. The Morgan fingerprint density at radius 1 is 1.13 bits per heavy atom. The lowest BCUT2D eigenvalue weighted by Gasteiger charge is -2.12. The van der Waals surface area contributed by atoms with Crippen LogP contribution in [-0.4, -0.2) is 32.3 Å². The number of hydrogen-bond acceptors (Lipinski definition) is 3. The van der Waals surface area contributed by atoms with Gasteiger partial charge < -0.3 is 14.5 Å². The molecule has 31 heavy (non-hydrogen) atoms. The largest absolute Gasteiger partial charge is 0.350 e. The van der Waals surface area contributed by atoms with Crippen molar-refractivity contribution in [1.82, 2.24) is 19.3 Å². The van der Waals surface area contributed by atoms with Crippen LogP contribution in [0.5, 0.6) is 0 Å². The Balaban J connectivity index is 1.55. The molecule has 7 nitrogen and oxygen atoms in total. The number of amides is 1. The molecule has 0 radical (unpaired) electrons. The number of anilines is 1. The van der Waals surface area contributed by atoms with Crippen molar-refractivity contribution in [2.75, 3.05) is 11.9 Å². The van der Waals surface area contributed by atoms with E-state index < -0.39 is 5.41 Å². The van der Waals surface area contributed by atoms with Gasteiger partial charge >= 0.3 is 0 Å². The molecule has 1 aliphatic carbocycles. The molecule has 2 aliphatic rings. The van der Waals surface area contributed by atoms with Crippen molar-refractivity contribution in [3.8, 4) is 11.3 Å². The second kappa shape index (κ2) is 5.75. The summed E-state index contributed by atoms with van der Waals surface area (Å²) in [5.74, 6) is 0.179. The average molecular weight is 413 g/mol. The molecular formula is C24H23N5O2. The Morgan fingerprint density at radius 3 is 2.65 bits per heavy atom. The Morgan fingerprint density at radius 2 is 1.90 bits per heavy atom. The number of aromatic nitrogens is 4. The van der Waals surface area contributed by atoms with Crippen molar-refractivity contribution in [3.63, 3.8) is 0 Å². The minimum absolute atomic E-state index is 0.0408. The van der Waals surface area contributed by atoms with Crippen molar-refractivity contribution in [1.29, 1.82) is 0 Å². The molecule has 1 saturated carbocycles. The van der Waals surface area contributed by atoms with E-state index in [4.69, 9.17) is 0 Å². The van der Waals surface area contributed by atoms with E-state index in [0.717, 1.165) is 45.6 Å². The van der Waals surface area contributed by atoms with Gasteiger partial charge in [0.25, 0.3) is 5.56 Å². The molecule has 1 spiro atoms. The summed E-state index contributed by atoms with van der Waals surface area (Å²) in [4.78, 5) is 31.4. The number of nitrogens with zero attached hydrogens (tertiary/aromatic N) is 4. The maximum absolute atomic E-state index is 13.3. The van der Waals surface area contributed by atoms with Crippen LogP contribution in [0.2, 0.25) is 0 Å². The number of para-hydroxylation sites is 1. The van der Waals surface area contributed by atoms with Crippen molar-refractivity contribution < 1.29 is 4.79 Å². The van der Waals surface area contributed by atoms with Crippen LogP contribution in [0.3, 0.4) is 0 Å². The maximum Gasteiger partial charge on any atom is 0.274 e. The number of benzene rings is 1. The Kier molecular flexibility index (Phi) is 3.37. The maximum atomic E-state index is 13.3. The Labute approximate surface area is 178 Å². The van der Waals surface area contributed by atoms with Crippen LogP contribution >= 0.6 is 0 Å². The van der Waals surface area contributed by atoms with E-state index in [2.05, 4.69) is 16.1 Å². The van der Waals surface area contributed by atoms with Gasteiger partial charge in [0.05, 0.1) is 16.8 Å². The zero-order valence-corrected chi connectivity index (χ0v) is 17.9. The SMILES string of the molecule is Cc1nn(C)cc1-c1cc2c(C3CC34C(=O)N(C)c3ccccc34)cn(C)c(=O)c2[nH]1. The fourth-order valence-corrected chi connectivity index (χ4v) is 5.49. The summed E-state index contributed by atoms with van der Waals surface area (Å²) in [5, 5.41) is 5.32. The highest BCUT2D eigenvalue weighted by atomic mass is 16.2. The third kappa shape index (κ3) is 2.20. The van der Waals surface area contributed by atoms with Crippen LogP contribution in [0.1, 0.15) is 29.2 Å². The summed E-state index contributed by atoms with van der Waals surface area (Å²) in [6.45, 7) is 1.96. The first-order valence-electron chi connectivity index (χ1n) is 10.4. The molecule has 7 heteroatoms. The van der Waals surface area contributed by atoms with Crippen molar-refractivity contribution in [2.24, 2.45) is 14.1 Å². The van der Waals surface area contributed by atoms with Crippen molar-refractivity contribution in [2.45, 2.75) is 24.7 Å². The number of fused-ring (bicyclic) bond motifs is 3. The standard InChI is InChI=1S/C24H23N5O2/c1-13-15(12-28(3)26-13)19-9-14-16(11-27(2)22(30)21(14)25-19)18-10-24(18)17-7-5-6-8-20(17)29(4)23(24)31/h5-9,11-12,18,25H,10H2,1-4H3. The van der Waals surface area contributed by atoms with Crippen LogP contribution in [0.25, 0.3) is 22.2 Å². The molecule has 1 aromatic carbocycles. The first-order chi connectivity index (χ1) is 14.8. The van der Waals surface area contributed by atoms with Gasteiger partial charge in [-0.25, -0.2) is 0 Å². The zero-order chi connectivity index (χ0) is 21.7. The van der Waals surface area contributed by atoms with E-state index in [-0.39, 0.29) is 17.4 Å². The number of aromatic amines is 1. The number of carbonyl (C=O) groups is 1. The Hall–Kier alpha value is -3.61. The zero-order valence-electron chi connectivity index (χ0n) is 17.9. The molecule has 0 bridgehead atoms. The number of H-pyrrole nitrogens is 1. The average Bonchev–Trinajstić information content (AvgIpc) is 3.08. The highest BCUT2D eigenvalue weighted by Gasteiger charge is 2.67. The van der Waals surface area contributed by atoms with Gasteiger partial charge in [0.2, 0.25) is 5.91 Å². The van der Waals surface area contributed by atoms with Gasteiger partial charge in [0.15, 0.2) is 0 Å². The molecule has 4 aromatic rings.